The van der Waals surface area contributed by atoms with E-state index in [1.807, 2.05) is 19.9 Å². The van der Waals surface area contributed by atoms with E-state index in [4.69, 9.17) is 21.1 Å². The van der Waals surface area contributed by atoms with Crippen molar-refractivity contribution in [3.63, 3.8) is 0 Å². The van der Waals surface area contributed by atoms with Crippen molar-refractivity contribution in [2.75, 3.05) is 30.2 Å². The second kappa shape index (κ2) is 8.85. The van der Waals surface area contributed by atoms with Crippen molar-refractivity contribution < 1.29 is 13.9 Å². The number of anilines is 3. The summed E-state index contributed by atoms with van der Waals surface area (Å²) in [5.74, 6) is 2.17. The van der Waals surface area contributed by atoms with Crippen LogP contribution >= 0.6 is 11.6 Å². The molecule has 2 aromatic heterocycles. The van der Waals surface area contributed by atoms with Crippen molar-refractivity contribution in [3.8, 4) is 17.0 Å². The van der Waals surface area contributed by atoms with Crippen LogP contribution in [-0.2, 0) is 4.74 Å². The number of aromatic amines is 1. The summed E-state index contributed by atoms with van der Waals surface area (Å²) in [6.07, 6.45) is 1.96. The predicted molar refractivity (Wildman–Crippen MR) is 113 cm³/mol. The van der Waals surface area contributed by atoms with Crippen LogP contribution < -0.4 is 15.0 Å². The van der Waals surface area contributed by atoms with Crippen LogP contribution in [0.3, 0.4) is 0 Å². The SMILES string of the molecule is CC1CN(c2nccc(Nc3cc(-c4ccc(OCF)c(Cl)c4)[nH]n3)n2)CC(C)O1. The van der Waals surface area contributed by atoms with Crippen molar-refractivity contribution >= 4 is 29.2 Å². The molecule has 2 N–H and O–H groups in total. The van der Waals surface area contributed by atoms with Crippen molar-refractivity contribution in [2.24, 2.45) is 0 Å². The minimum Gasteiger partial charge on any atom is -0.461 e. The average molecular weight is 433 g/mol. The van der Waals surface area contributed by atoms with E-state index in [9.17, 15) is 4.39 Å². The summed E-state index contributed by atoms with van der Waals surface area (Å²) in [5.41, 5.74) is 1.54. The fourth-order valence-corrected chi connectivity index (χ4v) is 3.66. The highest BCUT2D eigenvalue weighted by atomic mass is 35.5. The fraction of sp³-hybridized carbons (Fsp3) is 0.350. The molecule has 3 heterocycles. The molecule has 30 heavy (non-hydrogen) atoms. The number of ether oxygens (including phenoxy) is 2. The van der Waals surface area contributed by atoms with E-state index in [2.05, 4.69) is 30.4 Å². The molecule has 0 aliphatic carbocycles. The molecular formula is C20H22ClFN6O2. The number of morpholine rings is 1. The van der Waals surface area contributed by atoms with Crippen molar-refractivity contribution in [1.29, 1.82) is 0 Å². The smallest absolute Gasteiger partial charge is 0.228 e. The van der Waals surface area contributed by atoms with Gasteiger partial charge in [0.2, 0.25) is 12.8 Å². The third kappa shape index (κ3) is 4.63. The number of H-pyrrole nitrogens is 1. The molecule has 10 heteroatoms. The first kappa shape index (κ1) is 20.4. The largest absolute Gasteiger partial charge is 0.461 e. The van der Waals surface area contributed by atoms with Gasteiger partial charge in [-0.05, 0) is 38.1 Å². The number of hydrogen-bond donors (Lipinski definition) is 2. The highest BCUT2D eigenvalue weighted by Gasteiger charge is 2.24. The maximum atomic E-state index is 12.4. The van der Waals surface area contributed by atoms with Crippen LogP contribution in [0.15, 0.2) is 36.5 Å². The van der Waals surface area contributed by atoms with Gasteiger partial charge in [0.1, 0.15) is 11.6 Å². The minimum atomic E-state index is -0.930. The second-order valence-corrected chi connectivity index (χ2v) is 7.50. The van der Waals surface area contributed by atoms with Crippen LogP contribution in [0.4, 0.5) is 22.0 Å². The van der Waals surface area contributed by atoms with Gasteiger partial charge >= 0.3 is 0 Å². The molecule has 1 saturated heterocycles. The van der Waals surface area contributed by atoms with E-state index in [1.165, 1.54) is 0 Å². The van der Waals surface area contributed by atoms with E-state index in [0.717, 1.165) is 24.3 Å². The molecule has 2 atom stereocenters. The third-order valence-corrected chi connectivity index (χ3v) is 4.93. The van der Waals surface area contributed by atoms with Crippen LogP contribution in [0.2, 0.25) is 5.02 Å². The van der Waals surface area contributed by atoms with Gasteiger partial charge in [-0.1, -0.05) is 11.6 Å². The molecule has 0 radical (unpaired) electrons. The maximum absolute atomic E-state index is 12.4. The zero-order valence-electron chi connectivity index (χ0n) is 16.6. The summed E-state index contributed by atoms with van der Waals surface area (Å²) >= 11 is 6.13. The molecule has 3 aromatic rings. The van der Waals surface area contributed by atoms with Gasteiger partial charge in [0.15, 0.2) is 5.82 Å². The molecule has 1 aromatic carbocycles. The first-order chi connectivity index (χ1) is 14.5. The van der Waals surface area contributed by atoms with E-state index in [1.54, 1.807) is 30.5 Å². The Bertz CT molecular complexity index is 1010. The van der Waals surface area contributed by atoms with Gasteiger partial charge in [-0.25, -0.2) is 9.37 Å². The number of nitrogens with zero attached hydrogens (tertiary/aromatic N) is 4. The molecule has 2 unspecified atom stereocenters. The van der Waals surface area contributed by atoms with Crippen LogP contribution in [0.1, 0.15) is 13.8 Å². The molecule has 0 bridgehead atoms. The standard InChI is InChI=1S/C20H22ClFN6O2/c1-12-9-28(10-13(2)30-12)20-23-6-5-18(25-20)24-19-8-16(26-27-19)14-3-4-17(29-11-22)15(21)7-14/h3-8,12-13H,9-11H2,1-2H3,(H2,23,24,25,26,27). The van der Waals surface area contributed by atoms with Crippen LogP contribution in [0, 0.1) is 0 Å². The normalized spacial score (nSPS) is 19.0. The summed E-state index contributed by atoms with van der Waals surface area (Å²) in [4.78, 5) is 11.1. The quantitative estimate of drug-likeness (QED) is 0.604. The predicted octanol–water partition coefficient (Wildman–Crippen LogP) is 4.18. The number of alkyl halides is 1. The summed E-state index contributed by atoms with van der Waals surface area (Å²) in [6, 6.07) is 8.70. The lowest BCUT2D eigenvalue weighted by atomic mass is 10.1. The number of aromatic nitrogens is 4. The molecule has 158 valence electrons. The lowest BCUT2D eigenvalue weighted by Gasteiger charge is -2.35. The average Bonchev–Trinajstić information content (AvgIpc) is 3.17. The number of hydrogen-bond acceptors (Lipinski definition) is 7. The summed E-state index contributed by atoms with van der Waals surface area (Å²) in [6.45, 7) is 4.63. The molecule has 1 fully saturated rings. The molecular weight excluding hydrogens is 411 g/mol. The number of benzene rings is 1. The Hall–Kier alpha value is -2.91. The van der Waals surface area contributed by atoms with Gasteiger partial charge in [0, 0.05) is 30.9 Å². The van der Waals surface area contributed by atoms with Crippen molar-refractivity contribution in [2.45, 2.75) is 26.1 Å². The van der Waals surface area contributed by atoms with Crippen LogP contribution in [0.5, 0.6) is 5.75 Å². The van der Waals surface area contributed by atoms with Crippen molar-refractivity contribution in [1.82, 2.24) is 20.2 Å². The number of nitrogens with one attached hydrogen (secondary N) is 2. The molecule has 1 aliphatic heterocycles. The molecule has 8 nitrogen and oxygen atoms in total. The fourth-order valence-electron chi connectivity index (χ4n) is 3.42. The Morgan fingerprint density at radius 3 is 2.77 bits per heavy atom. The Balaban J connectivity index is 1.48. The summed E-state index contributed by atoms with van der Waals surface area (Å²) in [5, 5.41) is 10.7. The molecule has 0 spiro atoms. The molecule has 4 rings (SSSR count). The van der Waals surface area contributed by atoms with Gasteiger partial charge in [0.05, 0.1) is 22.9 Å². The van der Waals surface area contributed by atoms with Gasteiger partial charge in [0.25, 0.3) is 0 Å². The lowest BCUT2D eigenvalue weighted by molar-refractivity contribution is -0.00571. The maximum Gasteiger partial charge on any atom is 0.228 e. The molecule has 0 saturated carbocycles. The first-order valence-corrected chi connectivity index (χ1v) is 9.94. The Morgan fingerprint density at radius 1 is 1.23 bits per heavy atom. The van der Waals surface area contributed by atoms with E-state index in [-0.39, 0.29) is 12.2 Å². The topological polar surface area (TPSA) is 88.2 Å². The number of halogens is 2. The summed E-state index contributed by atoms with van der Waals surface area (Å²) in [7, 11) is 0. The third-order valence-electron chi connectivity index (χ3n) is 4.63. The highest BCUT2D eigenvalue weighted by Crippen LogP contribution is 2.31. The van der Waals surface area contributed by atoms with Gasteiger partial charge in [-0.15, -0.1) is 0 Å². The van der Waals surface area contributed by atoms with Gasteiger partial charge < -0.3 is 19.7 Å². The van der Waals surface area contributed by atoms with Crippen LogP contribution in [-0.4, -0.2) is 52.3 Å². The minimum absolute atomic E-state index is 0.122. The lowest BCUT2D eigenvalue weighted by Crippen LogP contribution is -2.46. The zero-order valence-corrected chi connectivity index (χ0v) is 17.4. The molecule has 1 aliphatic rings. The first-order valence-electron chi connectivity index (χ1n) is 9.56. The highest BCUT2D eigenvalue weighted by molar-refractivity contribution is 6.32. The second-order valence-electron chi connectivity index (χ2n) is 7.09. The van der Waals surface area contributed by atoms with Gasteiger partial charge in [-0.2, -0.15) is 10.1 Å². The van der Waals surface area contributed by atoms with Gasteiger partial charge in [-0.3, -0.25) is 5.10 Å². The molecule has 0 amide bonds. The monoisotopic (exact) mass is 432 g/mol. The van der Waals surface area contributed by atoms with Crippen molar-refractivity contribution in [3.05, 3.63) is 41.6 Å². The Kier molecular flexibility index (Phi) is 6.01. The summed E-state index contributed by atoms with van der Waals surface area (Å²) < 4.78 is 23.0. The Morgan fingerprint density at radius 2 is 2.03 bits per heavy atom. The van der Waals surface area contributed by atoms with E-state index in [0.29, 0.717) is 28.4 Å². The Labute approximate surface area is 178 Å². The van der Waals surface area contributed by atoms with E-state index < -0.39 is 6.86 Å². The zero-order chi connectivity index (χ0) is 21.1. The van der Waals surface area contributed by atoms with E-state index >= 15 is 0 Å². The van der Waals surface area contributed by atoms with Crippen LogP contribution in [0.25, 0.3) is 11.3 Å². The number of rotatable bonds is 6.